The summed E-state index contributed by atoms with van der Waals surface area (Å²) in [7, 11) is -3.52. The summed E-state index contributed by atoms with van der Waals surface area (Å²) < 4.78 is 28.8. The van der Waals surface area contributed by atoms with E-state index in [0.29, 0.717) is 37.3 Å². The fraction of sp³-hybridized carbons (Fsp3) is 0.467. The predicted octanol–water partition coefficient (Wildman–Crippen LogP) is 0.887. The van der Waals surface area contributed by atoms with Crippen molar-refractivity contribution in [3.8, 4) is 0 Å². The minimum atomic E-state index is -3.52. The third kappa shape index (κ3) is 3.37. The maximum Gasteiger partial charge on any atom is 0.256 e. The molecule has 1 aliphatic heterocycles. The third-order valence-electron chi connectivity index (χ3n) is 3.92. The molecule has 0 fully saturated rings. The Morgan fingerprint density at radius 2 is 2.09 bits per heavy atom. The van der Waals surface area contributed by atoms with Crippen molar-refractivity contribution in [2.75, 3.05) is 12.8 Å². The third-order valence-corrected chi connectivity index (χ3v) is 4.82. The predicted molar refractivity (Wildman–Crippen MR) is 83.9 cm³/mol. The van der Waals surface area contributed by atoms with Crippen LogP contribution in [0.5, 0.6) is 0 Å². The van der Waals surface area contributed by atoms with Crippen LogP contribution in [0.2, 0.25) is 0 Å². The van der Waals surface area contributed by atoms with E-state index in [4.69, 9.17) is 4.42 Å². The molecule has 8 heteroatoms. The van der Waals surface area contributed by atoms with E-state index in [1.807, 2.05) is 19.1 Å². The van der Waals surface area contributed by atoms with Crippen molar-refractivity contribution in [2.24, 2.45) is 0 Å². The fourth-order valence-electron chi connectivity index (χ4n) is 2.69. The molecule has 0 spiro atoms. The highest BCUT2D eigenvalue weighted by molar-refractivity contribution is 7.90. The summed E-state index contributed by atoms with van der Waals surface area (Å²) in [6.45, 7) is 3.79. The van der Waals surface area contributed by atoms with Crippen LogP contribution in [-0.2, 0) is 35.8 Å². The first-order valence-electron chi connectivity index (χ1n) is 7.49. The standard InChI is InChI=1S/C15H19N3O4S/c1-3-10-4-5-11(22-10)8-18-7-6-13-12(9-18)14(19)17-15(16-13)23(2,20)21/h4-5H,3,6-9H2,1-2H3,(H,16,17,19). The highest BCUT2D eigenvalue weighted by atomic mass is 32.2. The van der Waals surface area contributed by atoms with E-state index in [-0.39, 0.29) is 10.7 Å². The number of aryl methyl sites for hydroxylation is 1. The number of hydrogen-bond acceptors (Lipinski definition) is 6. The van der Waals surface area contributed by atoms with E-state index >= 15 is 0 Å². The second-order valence-electron chi connectivity index (χ2n) is 5.75. The molecule has 0 aliphatic carbocycles. The maximum atomic E-state index is 12.2. The molecule has 0 unspecified atom stereocenters. The van der Waals surface area contributed by atoms with Gasteiger partial charge in [-0.15, -0.1) is 0 Å². The molecule has 0 saturated carbocycles. The number of hydrogen-bond donors (Lipinski definition) is 1. The molecule has 0 atom stereocenters. The van der Waals surface area contributed by atoms with Gasteiger partial charge >= 0.3 is 0 Å². The number of fused-ring (bicyclic) bond motifs is 1. The summed E-state index contributed by atoms with van der Waals surface area (Å²) in [4.78, 5) is 20.7. The normalized spacial score (nSPS) is 15.6. The first-order valence-corrected chi connectivity index (χ1v) is 9.38. The lowest BCUT2D eigenvalue weighted by molar-refractivity contribution is 0.220. The molecule has 1 N–H and O–H groups in total. The Bertz CT molecular complexity index is 882. The monoisotopic (exact) mass is 337 g/mol. The summed E-state index contributed by atoms with van der Waals surface area (Å²) in [6.07, 6.45) is 2.43. The van der Waals surface area contributed by atoms with Crippen molar-refractivity contribution in [3.63, 3.8) is 0 Å². The fourth-order valence-corrected chi connectivity index (χ4v) is 3.24. The zero-order chi connectivity index (χ0) is 16.6. The molecule has 0 saturated heterocycles. The Balaban J connectivity index is 1.82. The lowest BCUT2D eigenvalue weighted by atomic mass is 10.1. The minimum Gasteiger partial charge on any atom is -0.465 e. The van der Waals surface area contributed by atoms with Crippen molar-refractivity contribution in [2.45, 2.75) is 38.0 Å². The summed E-state index contributed by atoms with van der Waals surface area (Å²) in [5.41, 5.74) is 0.721. The van der Waals surface area contributed by atoms with Crippen LogP contribution in [0.4, 0.5) is 0 Å². The molecule has 0 radical (unpaired) electrons. The van der Waals surface area contributed by atoms with E-state index < -0.39 is 9.84 Å². The van der Waals surface area contributed by atoms with Crippen molar-refractivity contribution in [1.29, 1.82) is 0 Å². The number of aromatic amines is 1. The van der Waals surface area contributed by atoms with Gasteiger partial charge in [0.1, 0.15) is 11.5 Å². The number of rotatable bonds is 4. The van der Waals surface area contributed by atoms with Gasteiger partial charge in [0.2, 0.25) is 15.0 Å². The molecule has 2 aromatic rings. The van der Waals surface area contributed by atoms with Crippen LogP contribution in [0.1, 0.15) is 29.7 Å². The Morgan fingerprint density at radius 1 is 1.35 bits per heavy atom. The number of nitrogens with zero attached hydrogens (tertiary/aromatic N) is 2. The van der Waals surface area contributed by atoms with Crippen molar-refractivity contribution >= 4 is 9.84 Å². The van der Waals surface area contributed by atoms with Gasteiger partial charge in [0.05, 0.1) is 17.8 Å². The number of nitrogens with one attached hydrogen (secondary N) is 1. The Kier molecular flexibility index (Phi) is 4.11. The molecule has 0 amide bonds. The summed E-state index contributed by atoms with van der Waals surface area (Å²) in [6, 6.07) is 3.91. The first kappa shape index (κ1) is 15.9. The molecule has 0 aromatic carbocycles. The van der Waals surface area contributed by atoms with Gasteiger partial charge in [0.25, 0.3) is 5.56 Å². The average Bonchev–Trinajstić information content (AvgIpc) is 2.94. The van der Waals surface area contributed by atoms with Crippen LogP contribution in [0.25, 0.3) is 0 Å². The zero-order valence-electron chi connectivity index (χ0n) is 13.1. The van der Waals surface area contributed by atoms with Crippen molar-refractivity contribution in [3.05, 3.63) is 45.3 Å². The van der Waals surface area contributed by atoms with Crippen LogP contribution < -0.4 is 5.56 Å². The smallest absolute Gasteiger partial charge is 0.256 e. The average molecular weight is 337 g/mol. The topological polar surface area (TPSA) is 96.3 Å². The Hall–Kier alpha value is -1.93. The van der Waals surface area contributed by atoms with Crippen LogP contribution in [0.3, 0.4) is 0 Å². The molecule has 3 rings (SSSR count). The molecular weight excluding hydrogens is 318 g/mol. The molecule has 23 heavy (non-hydrogen) atoms. The van der Waals surface area contributed by atoms with Gasteiger partial charge in [-0.05, 0) is 12.1 Å². The van der Waals surface area contributed by atoms with E-state index in [1.165, 1.54) is 0 Å². The first-order chi connectivity index (χ1) is 10.9. The molecule has 7 nitrogen and oxygen atoms in total. The number of sulfone groups is 1. The van der Waals surface area contributed by atoms with Crippen LogP contribution in [-0.4, -0.2) is 36.1 Å². The van der Waals surface area contributed by atoms with Crippen LogP contribution in [0, 0.1) is 0 Å². The van der Waals surface area contributed by atoms with E-state index in [2.05, 4.69) is 14.9 Å². The Labute approximate surface area is 134 Å². The largest absolute Gasteiger partial charge is 0.465 e. The summed E-state index contributed by atoms with van der Waals surface area (Å²) in [5.74, 6) is 1.80. The van der Waals surface area contributed by atoms with Gasteiger partial charge in [-0.25, -0.2) is 13.4 Å². The molecule has 2 aromatic heterocycles. The minimum absolute atomic E-state index is 0.256. The highest BCUT2D eigenvalue weighted by Crippen LogP contribution is 2.18. The van der Waals surface area contributed by atoms with E-state index in [9.17, 15) is 13.2 Å². The van der Waals surface area contributed by atoms with Gasteiger partial charge in [-0.2, -0.15) is 0 Å². The van der Waals surface area contributed by atoms with Gasteiger partial charge in [0, 0.05) is 32.2 Å². The van der Waals surface area contributed by atoms with Crippen LogP contribution >= 0.6 is 0 Å². The van der Waals surface area contributed by atoms with Crippen LogP contribution in [0.15, 0.2) is 26.5 Å². The summed E-state index contributed by atoms with van der Waals surface area (Å²) >= 11 is 0. The van der Waals surface area contributed by atoms with E-state index in [0.717, 1.165) is 24.2 Å². The van der Waals surface area contributed by atoms with Crippen molar-refractivity contribution < 1.29 is 12.8 Å². The molecule has 124 valence electrons. The molecule has 3 heterocycles. The number of furan rings is 1. The summed E-state index contributed by atoms with van der Waals surface area (Å²) in [5, 5.41) is -0.256. The van der Waals surface area contributed by atoms with Gasteiger partial charge in [0.15, 0.2) is 0 Å². The van der Waals surface area contributed by atoms with Gasteiger partial charge in [-0.1, -0.05) is 6.92 Å². The molecular formula is C15H19N3O4S. The Morgan fingerprint density at radius 3 is 2.74 bits per heavy atom. The lowest BCUT2D eigenvalue weighted by Crippen LogP contribution is -2.36. The zero-order valence-corrected chi connectivity index (χ0v) is 13.9. The molecule has 1 aliphatic rings. The number of aromatic nitrogens is 2. The SMILES string of the molecule is CCc1ccc(CN2CCc3nc(S(C)(=O)=O)[nH]c(=O)c3C2)o1. The second kappa shape index (κ2) is 5.93. The maximum absolute atomic E-state index is 12.2. The molecule has 0 bridgehead atoms. The van der Waals surface area contributed by atoms with Gasteiger partial charge in [-0.3, -0.25) is 14.7 Å². The highest BCUT2D eigenvalue weighted by Gasteiger charge is 2.24. The second-order valence-corrected chi connectivity index (χ2v) is 7.68. The van der Waals surface area contributed by atoms with Gasteiger partial charge < -0.3 is 4.42 Å². The quantitative estimate of drug-likeness (QED) is 0.832. The lowest BCUT2D eigenvalue weighted by Gasteiger charge is -2.26. The van der Waals surface area contributed by atoms with E-state index in [1.54, 1.807) is 0 Å². The number of H-pyrrole nitrogens is 1. The van der Waals surface area contributed by atoms with Crippen molar-refractivity contribution in [1.82, 2.24) is 14.9 Å².